The summed E-state index contributed by atoms with van der Waals surface area (Å²) < 4.78 is 30.4. The average molecular weight is 507 g/mol. The van der Waals surface area contributed by atoms with Gasteiger partial charge < -0.3 is 22.1 Å². The van der Waals surface area contributed by atoms with Gasteiger partial charge in [-0.1, -0.05) is 37.3 Å². The second-order valence-electron chi connectivity index (χ2n) is 8.82. The molecule has 3 aromatic rings. The first-order valence-corrected chi connectivity index (χ1v) is 11.2. The van der Waals surface area contributed by atoms with Crippen LogP contribution in [-0.2, 0) is 0 Å². The number of halogens is 2. The summed E-state index contributed by atoms with van der Waals surface area (Å²) in [4.78, 5) is 35.3. The van der Waals surface area contributed by atoms with E-state index in [1.807, 2.05) is 6.08 Å². The van der Waals surface area contributed by atoms with Crippen LogP contribution in [0.5, 0.6) is 0 Å². The number of aromatic nitrogens is 2. The van der Waals surface area contributed by atoms with E-state index in [9.17, 15) is 23.2 Å². The number of carbonyl (C=O) groups is 3. The second-order valence-corrected chi connectivity index (χ2v) is 8.82. The first kappa shape index (κ1) is 25.3. The molecule has 1 unspecified atom stereocenters. The molecule has 2 aromatic carbocycles. The van der Waals surface area contributed by atoms with Crippen molar-refractivity contribution in [1.82, 2.24) is 15.1 Å². The number of hydrogen-bond acceptors (Lipinski definition) is 4. The van der Waals surface area contributed by atoms with E-state index in [0.29, 0.717) is 23.2 Å². The van der Waals surface area contributed by atoms with Gasteiger partial charge in [0.15, 0.2) is 5.69 Å². The first-order valence-electron chi connectivity index (χ1n) is 11.2. The van der Waals surface area contributed by atoms with Crippen LogP contribution < -0.4 is 22.1 Å². The lowest BCUT2D eigenvalue weighted by molar-refractivity contribution is 0.0931. The minimum Gasteiger partial charge on any atom is -0.364 e. The van der Waals surface area contributed by atoms with E-state index >= 15 is 0 Å². The minimum absolute atomic E-state index is 0.0305. The lowest BCUT2D eigenvalue weighted by Gasteiger charge is -2.28. The highest BCUT2D eigenvalue weighted by molar-refractivity contribution is 6.00. The third kappa shape index (κ3) is 5.40. The van der Waals surface area contributed by atoms with Crippen LogP contribution in [0.2, 0.25) is 0 Å². The summed E-state index contributed by atoms with van der Waals surface area (Å²) in [6.45, 7) is 1.72. The molecule has 4 rings (SSSR count). The molecule has 9 nitrogen and oxygen atoms in total. The monoisotopic (exact) mass is 506 g/mol. The molecule has 0 radical (unpaired) electrons. The van der Waals surface area contributed by atoms with E-state index in [0.717, 1.165) is 0 Å². The Hall–Kier alpha value is -4.80. The van der Waals surface area contributed by atoms with Crippen molar-refractivity contribution in [2.75, 3.05) is 11.9 Å². The predicted octanol–water partition coefficient (Wildman–Crippen LogP) is 3.82. The van der Waals surface area contributed by atoms with Crippen LogP contribution >= 0.6 is 0 Å². The molecule has 0 aliphatic heterocycles. The van der Waals surface area contributed by atoms with Gasteiger partial charge in [0.1, 0.15) is 11.6 Å². The van der Waals surface area contributed by atoms with Crippen molar-refractivity contribution in [1.29, 1.82) is 0 Å². The summed E-state index contributed by atoms with van der Waals surface area (Å²) in [5.41, 5.74) is 11.0. The van der Waals surface area contributed by atoms with E-state index in [4.69, 9.17) is 11.5 Å². The molecule has 37 heavy (non-hydrogen) atoms. The van der Waals surface area contributed by atoms with Gasteiger partial charge in [0.25, 0.3) is 11.8 Å². The lowest BCUT2D eigenvalue weighted by Crippen LogP contribution is -2.37. The van der Waals surface area contributed by atoms with E-state index in [1.165, 1.54) is 29.1 Å². The maximum atomic E-state index is 14.8. The van der Waals surface area contributed by atoms with Gasteiger partial charge in [-0.2, -0.15) is 5.10 Å². The third-order valence-electron chi connectivity index (χ3n) is 6.05. The molecule has 0 fully saturated rings. The van der Waals surface area contributed by atoms with E-state index in [2.05, 4.69) is 15.7 Å². The Labute approximate surface area is 210 Å². The summed E-state index contributed by atoms with van der Waals surface area (Å²) in [7, 11) is 0. The molecule has 1 atom stereocenters. The molecule has 0 spiro atoms. The number of primary amides is 2. The van der Waals surface area contributed by atoms with Crippen LogP contribution in [0.1, 0.15) is 34.2 Å². The van der Waals surface area contributed by atoms with Gasteiger partial charge >= 0.3 is 6.03 Å². The standard InChI is InChI=1S/C26H24F2N6O3/c1-26(11-3-2-4-21(26)28)14-31-24(36)18-10-7-16(12-19(18)27)15-5-8-17(9-6-15)34-13-20(32-25(30)37)22(33-34)23(29)35/h2-10,12-13H,11,14H2,1H3,(H2,29,35)(H,31,36)(H3,30,32,37). The Morgan fingerprint density at radius 2 is 1.78 bits per heavy atom. The molecule has 0 bridgehead atoms. The molecule has 4 amide bonds. The van der Waals surface area contributed by atoms with E-state index < -0.39 is 29.1 Å². The number of allylic oxidation sites excluding steroid dienone is 3. The average Bonchev–Trinajstić information content (AvgIpc) is 3.28. The van der Waals surface area contributed by atoms with Gasteiger partial charge in [-0.3, -0.25) is 9.59 Å². The maximum Gasteiger partial charge on any atom is 0.316 e. The number of nitrogens with one attached hydrogen (secondary N) is 2. The SMILES string of the molecule is CC1(CNC(=O)c2ccc(-c3ccc(-n4cc(NC(N)=O)c(C(N)=O)n4)cc3)cc2F)CC=CC=C1F. The van der Waals surface area contributed by atoms with Gasteiger partial charge in [-0.25, -0.2) is 18.3 Å². The summed E-state index contributed by atoms with van der Waals surface area (Å²) in [6.07, 6.45) is 6.61. The fourth-order valence-electron chi connectivity index (χ4n) is 3.90. The molecule has 11 heteroatoms. The molecule has 0 saturated heterocycles. The normalized spacial score (nSPS) is 16.7. The Kier molecular flexibility index (Phi) is 6.87. The van der Waals surface area contributed by atoms with Gasteiger partial charge in [0.2, 0.25) is 0 Å². The quantitative estimate of drug-likeness (QED) is 0.386. The Morgan fingerprint density at radius 3 is 2.41 bits per heavy atom. The number of rotatable bonds is 7. The number of amides is 4. The fraction of sp³-hybridized carbons (Fsp3) is 0.154. The zero-order chi connectivity index (χ0) is 26.7. The number of hydrogen-bond donors (Lipinski definition) is 4. The van der Waals surface area contributed by atoms with Crippen LogP contribution in [0, 0.1) is 11.2 Å². The Bertz CT molecular complexity index is 1440. The van der Waals surface area contributed by atoms with Crippen molar-refractivity contribution in [2.45, 2.75) is 13.3 Å². The lowest BCUT2D eigenvalue weighted by atomic mass is 9.82. The van der Waals surface area contributed by atoms with Crippen molar-refractivity contribution in [3.05, 3.63) is 89.8 Å². The van der Waals surface area contributed by atoms with Crippen molar-refractivity contribution >= 4 is 23.5 Å². The highest BCUT2D eigenvalue weighted by Gasteiger charge is 2.31. The Balaban J connectivity index is 1.49. The molecule has 0 saturated carbocycles. The largest absolute Gasteiger partial charge is 0.364 e. The molecule has 1 aliphatic carbocycles. The maximum absolute atomic E-state index is 14.8. The number of nitrogens with two attached hydrogens (primary N) is 2. The number of anilines is 1. The predicted molar refractivity (Wildman–Crippen MR) is 134 cm³/mol. The number of carbonyl (C=O) groups excluding carboxylic acids is 3. The molecule has 1 heterocycles. The van der Waals surface area contributed by atoms with Crippen LogP contribution in [0.4, 0.5) is 19.3 Å². The summed E-state index contributed by atoms with van der Waals surface area (Å²) in [5, 5.41) is 8.99. The molecule has 1 aromatic heterocycles. The molecular weight excluding hydrogens is 482 g/mol. The van der Waals surface area contributed by atoms with Crippen LogP contribution in [0.25, 0.3) is 16.8 Å². The summed E-state index contributed by atoms with van der Waals surface area (Å²) in [5.74, 6) is -2.53. The molecule has 190 valence electrons. The molecular formula is C26H24F2N6O3. The summed E-state index contributed by atoms with van der Waals surface area (Å²) >= 11 is 0. The zero-order valence-electron chi connectivity index (χ0n) is 19.8. The van der Waals surface area contributed by atoms with Crippen LogP contribution in [-0.4, -0.2) is 34.2 Å². The van der Waals surface area contributed by atoms with Crippen molar-refractivity contribution in [2.24, 2.45) is 16.9 Å². The number of benzene rings is 2. The van der Waals surface area contributed by atoms with Crippen molar-refractivity contribution in [3.8, 4) is 16.8 Å². The topological polar surface area (TPSA) is 145 Å². The number of nitrogens with zero attached hydrogens (tertiary/aromatic N) is 2. The van der Waals surface area contributed by atoms with Crippen LogP contribution in [0.15, 0.2) is 72.7 Å². The van der Waals surface area contributed by atoms with Crippen molar-refractivity contribution in [3.63, 3.8) is 0 Å². The van der Waals surface area contributed by atoms with Gasteiger partial charge in [-0.05, 0) is 47.9 Å². The van der Waals surface area contributed by atoms with Gasteiger partial charge in [0, 0.05) is 12.0 Å². The highest BCUT2D eigenvalue weighted by atomic mass is 19.1. The van der Waals surface area contributed by atoms with Gasteiger partial charge in [-0.15, -0.1) is 0 Å². The van der Waals surface area contributed by atoms with Gasteiger partial charge in [0.05, 0.1) is 23.1 Å². The number of urea groups is 1. The Morgan fingerprint density at radius 1 is 1.08 bits per heavy atom. The summed E-state index contributed by atoms with van der Waals surface area (Å²) in [6, 6.07) is 10.1. The molecule has 6 N–H and O–H groups in total. The highest BCUT2D eigenvalue weighted by Crippen LogP contribution is 2.34. The second kappa shape index (κ2) is 10.1. The van der Waals surface area contributed by atoms with Crippen LogP contribution in [0.3, 0.4) is 0 Å². The van der Waals surface area contributed by atoms with Crippen molar-refractivity contribution < 1.29 is 23.2 Å². The smallest absolute Gasteiger partial charge is 0.316 e. The zero-order valence-corrected chi connectivity index (χ0v) is 19.8. The third-order valence-corrected chi connectivity index (χ3v) is 6.05. The first-order chi connectivity index (χ1) is 17.6. The van der Waals surface area contributed by atoms with E-state index in [1.54, 1.807) is 43.3 Å². The fourth-order valence-corrected chi connectivity index (χ4v) is 3.90. The minimum atomic E-state index is -0.874. The van der Waals surface area contributed by atoms with E-state index in [-0.39, 0.29) is 29.3 Å². The molecule has 1 aliphatic rings.